The van der Waals surface area contributed by atoms with Gasteiger partial charge in [-0.25, -0.2) is 15.0 Å². The third-order valence-electron chi connectivity index (χ3n) is 3.67. The lowest BCUT2D eigenvalue weighted by Crippen LogP contribution is -2.34. The summed E-state index contributed by atoms with van der Waals surface area (Å²) in [6, 6.07) is 16.5. The van der Waals surface area contributed by atoms with Crippen molar-refractivity contribution in [2.75, 3.05) is 0 Å². The van der Waals surface area contributed by atoms with Gasteiger partial charge in [0.15, 0.2) is 0 Å². The Morgan fingerprint density at radius 3 is 2.76 bits per heavy atom. The molecule has 5 heteroatoms. The molecule has 0 saturated heterocycles. The zero-order valence-corrected chi connectivity index (χ0v) is 11.8. The molecule has 0 fully saturated rings. The summed E-state index contributed by atoms with van der Waals surface area (Å²) < 4.78 is 0. The van der Waals surface area contributed by atoms with Crippen molar-refractivity contribution in [1.82, 2.24) is 10.0 Å². The molecule has 0 aliphatic carbocycles. The summed E-state index contributed by atoms with van der Waals surface area (Å²) in [7, 11) is 0. The second-order valence-electron chi connectivity index (χ2n) is 5.32. The lowest BCUT2D eigenvalue weighted by Gasteiger charge is -2.23. The van der Waals surface area contributed by atoms with Crippen LogP contribution < -0.4 is 0 Å². The van der Waals surface area contributed by atoms with Gasteiger partial charge in [0.25, 0.3) is 0 Å². The van der Waals surface area contributed by atoms with E-state index >= 15 is 0 Å². The lowest BCUT2D eigenvalue weighted by atomic mass is 10.1. The average Bonchev–Trinajstić information content (AvgIpc) is 2.88. The van der Waals surface area contributed by atoms with Crippen molar-refractivity contribution in [1.29, 1.82) is 0 Å². The summed E-state index contributed by atoms with van der Waals surface area (Å²) in [4.78, 5) is 4.71. The van der Waals surface area contributed by atoms with Crippen molar-refractivity contribution < 1.29 is 0 Å². The summed E-state index contributed by atoms with van der Waals surface area (Å²) in [5.74, 6) is 0.801. The fraction of sp³-hybridized carbons (Fsp3) is 0.188. The molecule has 0 aromatic heterocycles. The largest absolute Gasteiger partial charge is 0.247 e. The first-order valence-electron chi connectivity index (χ1n) is 6.98. The molecule has 0 bridgehead atoms. The minimum atomic E-state index is 0.681. The van der Waals surface area contributed by atoms with E-state index in [4.69, 9.17) is 4.99 Å². The maximum Gasteiger partial charge on any atom is 0.247 e. The van der Waals surface area contributed by atoms with Crippen LogP contribution in [-0.4, -0.2) is 16.0 Å². The van der Waals surface area contributed by atoms with E-state index in [0.717, 1.165) is 18.2 Å². The van der Waals surface area contributed by atoms with E-state index in [2.05, 4.69) is 47.7 Å². The number of guanidine groups is 1. The van der Waals surface area contributed by atoms with Crippen LogP contribution in [0.2, 0.25) is 0 Å². The third-order valence-corrected chi connectivity index (χ3v) is 3.67. The number of rotatable bonds is 2. The van der Waals surface area contributed by atoms with Crippen molar-refractivity contribution in [2.24, 2.45) is 15.4 Å². The van der Waals surface area contributed by atoms with Gasteiger partial charge in [-0.1, -0.05) is 48.0 Å². The highest BCUT2D eigenvalue weighted by atomic mass is 15.8. The number of benzene rings is 2. The highest BCUT2D eigenvalue weighted by Crippen LogP contribution is 2.31. The summed E-state index contributed by atoms with van der Waals surface area (Å²) in [5.41, 5.74) is 4.64. The third kappa shape index (κ3) is 2.16. The van der Waals surface area contributed by atoms with E-state index in [1.54, 1.807) is 0 Å². The molecule has 21 heavy (non-hydrogen) atoms. The fourth-order valence-corrected chi connectivity index (χ4v) is 2.61. The zero-order chi connectivity index (χ0) is 14.2. The Morgan fingerprint density at radius 1 is 1.05 bits per heavy atom. The first-order valence-corrected chi connectivity index (χ1v) is 6.98. The van der Waals surface area contributed by atoms with Gasteiger partial charge in [-0.15, -0.1) is 0 Å². The Hall–Kier alpha value is -2.69. The molecule has 104 valence electrons. The predicted octanol–water partition coefficient (Wildman–Crippen LogP) is 3.60. The molecule has 2 aromatic carbocycles. The van der Waals surface area contributed by atoms with E-state index in [1.807, 2.05) is 28.2 Å². The van der Waals surface area contributed by atoms with E-state index in [1.165, 1.54) is 16.7 Å². The smallest absolute Gasteiger partial charge is 0.212 e. The Bertz CT molecular complexity index is 736. The fourth-order valence-electron chi connectivity index (χ4n) is 2.61. The molecule has 0 spiro atoms. The highest BCUT2D eigenvalue weighted by Gasteiger charge is 2.29. The lowest BCUT2D eigenvalue weighted by molar-refractivity contribution is 0.409. The second kappa shape index (κ2) is 4.70. The van der Waals surface area contributed by atoms with Crippen molar-refractivity contribution in [3.63, 3.8) is 0 Å². The monoisotopic (exact) mass is 277 g/mol. The second-order valence-corrected chi connectivity index (χ2v) is 5.32. The molecule has 0 radical (unpaired) electrons. The Balaban J connectivity index is 1.65. The number of aryl methyl sites for hydroxylation is 1. The van der Waals surface area contributed by atoms with Gasteiger partial charge in [0.2, 0.25) is 5.96 Å². The van der Waals surface area contributed by atoms with Crippen LogP contribution in [0.3, 0.4) is 0 Å². The Labute approximate surface area is 123 Å². The molecule has 0 saturated carbocycles. The molecule has 5 nitrogen and oxygen atoms in total. The Kier molecular flexibility index (Phi) is 2.70. The van der Waals surface area contributed by atoms with Gasteiger partial charge in [-0.05, 0) is 34.6 Å². The van der Waals surface area contributed by atoms with Crippen LogP contribution in [0.5, 0.6) is 0 Å². The molecule has 4 rings (SSSR count). The molecule has 2 aliphatic heterocycles. The van der Waals surface area contributed by atoms with Crippen molar-refractivity contribution >= 4 is 11.6 Å². The van der Waals surface area contributed by atoms with Crippen LogP contribution in [0.25, 0.3) is 0 Å². The molecular weight excluding hydrogens is 262 g/mol. The number of aliphatic imine (C=N–C) groups is 1. The average molecular weight is 277 g/mol. The van der Waals surface area contributed by atoms with Crippen molar-refractivity contribution in [2.45, 2.75) is 20.0 Å². The van der Waals surface area contributed by atoms with Crippen LogP contribution >= 0.6 is 0 Å². The highest BCUT2D eigenvalue weighted by molar-refractivity contribution is 5.85. The topological polar surface area (TPSA) is 43.6 Å². The number of hydrogen-bond acceptors (Lipinski definition) is 5. The minimum absolute atomic E-state index is 0.681. The standard InChI is InChI=1S/C16H15N5/c1-12-7-8-15-14(9-12)11-21-16(17-15)20(18-19-21)10-13-5-3-2-4-6-13/h2-9H,10-11H2,1H3. The predicted molar refractivity (Wildman–Crippen MR) is 80.7 cm³/mol. The van der Waals surface area contributed by atoms with Crippen LogP contribution in [0.4, 0.5) is 5.69 Å². The van der Waals surface area contributed by atoms with E-state index < -0.39 is 0 Å². The molecule has 2 aromatic rings. The molecular formula is C16H15N5. The van der Waals surface area contributed by atoms with E-state index in [0.29, 0.717) is 6.54 Å². The summed E-state index contributed by atoms with van der Waals surface area (Å²) in [6.07, 6.45) is 0. The van der Waals surface area contributed by atoms with Gasteiger partial charge in [-0.2, -0.15) is 0 Å². The number of hydrogen-bond donors (Lipinski definition) is 0. The minimum Gasteiger partial charge on any atom is -0.212 e. The SMILES string of the molecule is Cc1ccc2c(c1)CN1N=NN(Cc3ccccc3)C1=N2. The molecule has 0 amide bonds. The van der Waals surface area contributed by atoms with Gasteiger partial charge in [-0.3, -0.25) is 0 Å². The van der Waals surface area contributed by atoms with Crippen LogP contribution in [0, 0.1) is 6.92 Å². The summed E-state index contributed by atoms with van der Waals surface area (Å²) in [6.45, 7) is 3.50. The normalized spacial score (nSPS) is 15.8. The molecule has 0 unspecified atom stereocenters. The van der Waals surface area contributed by atoms with E-state index in [9.17, 15) is 0 Å². The van der Waals surface area contributed by atoms with Crippen molar-refractivity contribution in [3.8, 4) is 0 Å². The Morgan fingerprint density at radius 2 is 1.90 bits per heavy atom. The first-order chi connectivity index (χ1) is 10.3. The molecule has 2 aliphatic rings. The van der Waals surface area contributed by atoms with Crippen LogP contribution in [-0.2, 0) is 13.1 Å². The maximum atomic E-state index is 4.71. The summed E-state index contributed by atoms with van der Waals surface area (Å²) >= 11 is 0. The number of nitrogens with zero attached hydrogens (tertiary/aromatic N) is 5. The number of fused-ring (bicyclic) bond motifs is 2. The molecule has 0 N–H and O–H groups in total. The summed E-state index contributed by atoms with van der Waals surface area (Å²) in [5, 5.41) is 12.1. The van der Waals surface area contributed by atoms with Crippen LogP contribution in [0.1, 0.15) is 16.7 Å². The van der Waals surface area contributed by atoms with Gasteiger partial charge in [0.05, 0.1) is 18.8 Å². The van der Waals surface area contributed by atoms with Gasteiger partial charge in [0, 0.05) is 0 Å². The molecule has 2 heterocycles. The quantitative estimate of drug-likeness (QED) is 0.841. The van der Waals surface area contributed by atoms with Crippen molar-refractivity contribution in [3.05, 3.63) is 65.2 Å². The zero-order valence-electron chi connectivity index (χ0n) is 11.8. The van der Waals surface area contributed by atoms with E-state index in [-0.39, 0.29) is 0 Å². The van der Waals surface area contributed by atoms with Gasteiger partial charge < -0.3 is 0 Å². The first kappa shape index (κ1) is 12.1. The maximum absolute atomic E-state index is 4.71. The van der Waals surface area contributed by atoms with Gasteiger partial charge >= 0.3 is 0 Å². The van der Waals surface area contributed by atoms with Gasteiger partial charge in [0.1, 0.15) is 0 Å². The van der Waals surface area contributed by atoms with Crippen LogP contribution in [0.15, 0.2) is 64.0 Å². The molecule has 0 atom stereocenters.